The van der Waals surface area contributed by atoms with E-state index < -0.39 is 0 Å². The summed E-state index contributed by atoms with van der Waals surface area (Å²) < 4.78 is 1.39. The fraction of sp³-hybridized carbons (Fsp3) is 0.471. The van der Waals surface area contributed by atoms with Crippen LogP contribution in [0.4, 0.5) is 0 Å². The number of aromatic nitrogens is 1. The summed E-state index contributed by atoms with van der Waals surface area (Å²) in [4.78, 5) is 18.4. The molecule has 0 radical (unpaired) electrons. The second-order valence-corrected chi connectivity index (χ2v) is 6.03. The van der Waals surface area contributed by atoms with Crippen LogP contribution in [0.15, 0.2) is 35.3 Å². The zero-order chi connectivity index (χ0) is 14.8. The minimum atomic E-state index is -0.0789. The van der Waals surface area contributed by atoms with Crippen molar-refractivity contribution < 1.29 is 4.84 Å². The summed E-state index contributed by atoms with van der Waals surface area (Å²) in [6.07, 6.45) is 6.76. The first kappa shape index (κ1) is 14.1. The molecule has 4 nitrogen and oxygen atoms in total. The first-order valence-corrected chi connectivity index (χ1v) is 7.68. The van der Waals surface area contributed by atoms with Crippen LogP contribution in [0, 0.1) is 6.92 Å². The molecule has 1 heterocycles. The zero-order valence-electron chi connectivity index (χ0n) is 12.4. The normalized spacial score (nSPS) is 23.0. The molecular formula is C17H22N2O2. The molecule has 1 saturated carbocycles. The second-order valence-electron chi connectivity index (χ2n) is 6.03. The number of fused-ring (bicyclic) bond motifs is 1. The number of hydrogen-bond donors (Lipinski definition) is 1. The van der Waals surface area contributed by atoms with Crippen molar-refractivity contribution >= 4 is 10.8 Å². The lowest BCUT2D eigenvalue weighted by atomic mass is 10.1. The Morgan fingerprint density at radius 1 is 1.19 bits per heavy atom. The monoisotopic (exact) mass is 286 g/mol. The van der Waals surface area contributed by atoms with Crippen LogP contribution in [0.3, 0.4) is 0 Å². The first-order valence-electron chi connectivity index (χ1n) is 7.68. The van der Waals surface area contributed by atoms with Gasteiger partial charge in [-0.15, -0.1) is 0 Å². The standard InChI is InChI=1S/C17H22N2O2/c1-12-5-6-13-9-10-19(17(20)16(13)11-12)21-15-4-2-3-14(18)7-8-15/h5-6,9-11,14-15H,2-4,7-8,18H2,1H3/t14-,15+/m1/s1. The zero-order valence-corrected chi connectivity index (χ0v) is 12.4. The Labute approximate surface area is 124 Å². The van der Waals surface area contributed by atoms with Gasteiger partial charge in [0, 0.05) is 12.2 Å². The van der Waals surface area contributed by atoms with Crippen molar-refractivity contribution in [3.05, 3.63) is 46.4 Å². The summed E-state index contributed by atoms with van der Waals surface area (Å²) in [6.45, 7) is 1.99. The van der Waals surface area contributed by atoms with Gasteiger partial charge < -0.3 is 10.6 Å². The van der Waals surface area contributed by atoms with Crippen molar-refractivity contribution in [3.8, 4) is 0 Å². The quantitative estimate of drug-likeness (QED) is 0.862. The van der Waals surface area contributed by atoms with Gasteiger partial charge in [0.05, 0.1) is 5.39 Å². The highest BCUT2D eigenvalue weighted by molar-refractivity contribution is 5.81. The third-order valence-corrected chi connectivity index (χ3v) is 4.25. The van der Waals surface area contributed by atoms with E-state index in [1.807, 2.05) is 31.2 Å². The number of hydrogen-bond acceptors (Lipinski definition) is 3. The summed E-state index contributed by atoms with van der Waals surface area (Å²) >= 11 is 0. The van der Waals surface area contributed by atoms with Gasteiger partial charge in [-0.25, -0.2) is 0 Å². The van der Waals surface area contributed by atoms with Crippen LogP contribution in [0.25, 0.3) is 10.8 Å². The Kier molecular flexibility index (Phi) is 3.97. The van der Waals surface area contributed by atoms with Crippen LogP contribution < -0.4 is 16.1 Å². The first-order chi connectivity index (χ1) is 10.1. The molecule has 21 heavy (non-hydrogen) atoms. The minimum Gasteiger partial charge on any atom is -0.408 e. The van der Waals surface area contributed by atoms with E-state index in [0.717, 1.165) is 43.1 Å². The van der Waals surface area contributed by atoms with Crippen LogP contribution in [-0.2, 0) is 0 Å². The minimum absolute atomic E-state index is 0.0789. The number of nitrogens with zero attached hydrogens (tertiary/aromatic N) is 1. The highest BCUT2D eigenvalue weighted by Crippen LogP contribution is 2.18. The molecule has 1 aliphatic rings. The SMILES string of the molecule is Cc1ccc2ccn(O[C@H]3CCC[C@@H](N)CC3)c(=O)c2c1. The topological polar surface area (TPSA) is 57.2 Å². The predicted molar refractivity (Wildman–Crippen MR) is 84.4 cm³/mol. The van der Waals surface area contributed by atoms with Gasteiger partial charge in [-0.3, -0.25) is 4.79 Å². The summed E-state index contributed by atoms with van der Waals surface area (Å²) in [6, 6.07) is 8.11. The molecule has 0 unspecified atom stereocenters. The van der Waals surface area contributed by atoms with E-state index in [1.54, 1.807) is 6.20 Å². The number of nitrogens with two attached hydrogens (primary N) is 1. The van der Waals surface area contributed by atoms with Crippen molar-refractivity contribution in [2.75, 3.05) is 0 Å². The second kappa shape index (κ2) is 5.90. The Balaban J connectivity index is 1.87. The lowest BCUT2D eigenvalue weighted by Crippen LogP contribution is -2.33. The summed E-state index contributed by atoms with van der Waals surface area (Å²) in [7, 11) is 0. The number of benzene rings is 1. The molecule has 112 valence electrons. The molecule has 2 N–H and O–H groups in total. The van der Waals surface area contributed by atoms with Gasteiger partial charge in [0.1, 0.15) is 6.10 Å². The largest absolute Gasteiger partial charge is 0.408 e. The lowest BCUT2D eigenvalue weighted by molar-refractivity contribution is 0.0225. The maximum Gasteiger partial charge on any atom is 0.290 e. The van der Waals surface area contributed by atoms with Crippen LogP contribution in [-0.4, -0.2) is 16.9 Å². The molecule has 1 fully saturated rings. The van der Waals surface area contributed by atoms with E-state index in [-0.39, 0.29) is 17.7 Å². The fourth-order valence-electron chi connectivity index (χ4n) is 2.98. The van der Waals surface area contributed by atoms with E-state index in [1.165, 1.54) is 4.73 Å². The Morgan fingerprint density at radius 3 is 2.90 bits per heavy atom. The lowest BCUT2D eigenvalue weighted by Gasteiger charge is -2.18. The molecule has 2 aromatic rings. The number of aryl methyl sites for hydroxylation is 1. The molecule has 0 spiro atoms. The van der Waals surface area contributed by atoms with Crippen molar-refractivity contribution in [1.82, 2.24) is 4.73 Å². The molecule has 0 amide bonds. The van der Waals surface area contributed by atoms with Crippen molar-refractivity contribution in [2.45, 2.75) is 51.2 Å². The van der Waals surface area contributed by atoms with Gasteiger partial charge in [0.2, 0.25) is 0 Å². The molecule has 0 aliphatic heterocycles. The molecule has 0 bridgehead atoms. The van der Waals surface area contributed by atoms with Crippen LogP contribution in [0.1, 0.15) is 37.7 Å². The molecular weight excluding hydrogens is 264 g/mol. The summed E-state index contributed by atoms with van der Waals surface area (Å²) in [5, 5.41) is 1.66. The molecule has 1 aromatic heterocycles. The van der Waals surface area contributed by atoms with Gasteiger partial charge in [0.15, 0.2) is 0 Å². The van der Waals surface area contributed by atoms with Gasteiger partial charge >= 0.3 is 0 Å². The average Bonchev–Trinajstić information content (AvgIpc) is 2.67. The Hall–Kier alpha value is -1.81. The highest BCUT2D eigenvalue weighted by Gasteiger charge is 2.18. The van der Waals surface area contributed by atoms with Gasteiger partial charge in [-0.05, 0) is 56.5 Å². The smallest absolute Gasteiger partial charge is 0.290 e. The fourth-order valence-corrected chi connectivity index (χ4v) is 2.98. The molecule has 1 aromatic carbocycles. The van der Waals surface area contributed by atoms with E-state index in [4.69, 9.17) is 10.6 Å². The van der Waals surface area contributed by atoms with Crippen LogP contribution >= 0.6 is 0 Å². The maximum atomic E-state index is 12.5. The molecule has 2 atom stereocenters. The van der Waals surface area contributed by atoms with Gasteiger partial charge in [-0.1, -0.05) is 17.7 Å². The predicted octanol–water partition coefficient (Wildman–Crippen LogP) is 2.40. The van der Waals surface area contributed by atoms with Crippen LogP contribution in [0.2, 0.25) is 0 Å². The van der Waals surface area contributed by atoms with Crippen LogP contribution in [0.5, 0.6) is 0 Å². The van der Waals surface area contributed by atoms with E-state index in [0.29, 0.717) is 5.39 Å². The van der Waals surface area contributed by atoms with Crippen molar-refractivity contribution in [3.63, 3.8) is 0 Å². The number of pyridine rings is 1. The molecule has 4 heteroatoms. The maximum absolute atomic E-state index is 12.5. The van der Waals surface area contributed by atoms with Crippen molar-refractivity contribution in [1.29, 1.82) is 0 Å². The Bertz CT molecular complexity index is 693. The van der Waals surface area contributed by atoms with Gasteiger partial charge in [-0.2, -0.15) is 4.73 Å². The van der Waals surface area contributed by atoms with E-state index >= 15 is 0 Å². The molecule has 3 rings (SSSR count). The Morgan fingerprint density at radius 2 is 2.05 bits per heavy atom. The average molecular weight is 286 g/mol. The third-order valence-electron chi connectivity index (χ3n) is 4.25. The third kappa shape index (κ3) is 3.10. The molecule has 1 aliphatic carbocycles. The highest BCUT2D eigenvalue weighted by atomic mass is 16.7. The number of rotatable bonds is 2. The van der Waals surface area contributed by atoms with Crippen molar-refractivity contribution in [2.24, 2.45) is 5.73 Å². The summed E-state index contributed by atoms with van der Waals surface area (Å²) in [5.74, 6) is 0. The van der Waals surface area contributed by atoms with E-state index in [9.17, 15) is 4.79 Å². The summed E-state index contributed by atoms with van der Waals surface area (Å²) in [5.41, 5.74) is 6.99. The molecule has 0 saturated heterocycles. The van der Waals surface area contributed by atoms with Gasteiger partial charge in [0.25, 0.3) is 5.56 Å². The van der Waals surface area contributed by atoms with E-state index in [2.05, 4.69) is 0 Å².